The van der Waals surface area contributed by atoms with Crippen LogP contribution in [-0.4, -0.2) is 11.8 Å². The molecule has 1 heterocycles. The van der Waals surface area contributed by atoms with Crippen LogP contribution in [-0.2, 0) is 11.3 Å². The Hall–Kier alpha value is -1.46. The van der Waals surface area contributed by atoms with Gasteiger partial charge in [0, 0.05) is 15.1 Å². The van der Waals surface area contributed by atoms with Gasteiger partial charge >= 0.3 is 6.09 Å². The molecule has 2 aromatic rings. The van der Waals surface area contributed by atoms with Crippen molar-refractivity contribution in [3.63, 3.8) is 0 Å². The molecule has 0 saturated carbocycles. The van der Waals surface area contributed by atoms with Crippen molar-refractivity contribution >= 4 is 33.8 Å². The summed E-state index contributed by atoms with van der Waals surface area (Å²) in [4.78, 5) is 13.3. The van der Waals surface area contributed by atoms with Crippen molar-refractivity contribution in [3.05, 3.63) is 64.1 Å². The number of hydrogen-bond acceptors (Lipinski definition) is 3. The van der Waals surface area contributed by atoms with E-state index in [1.807, 2.05) is 48.2 Å². The maximum Gasteiger partial charge on any atom is 0.407 e. The minimum absolute atomic E-state index is 0.0111. The van der Waals surface area contributed by atoms with Crippen LogP contribution in [0.25, 0.3) is 0 Å². The SMILES string of the molecule is O=C(NC1CCSc2ccc(Br)cc21)OCc1ccccc1. The summed E-state index contributed by atoms with van der Waals surface area (Å²) in [6, 6.07) is 15.9. The van der Waals surface area contributed by atoms with E-state index in [4.69, 9.17) is 4.74 Å². The molecular weight excluding hydrogens is 362 g/mol. The fraction of sp³-hybridized carbons (Fsp3) is 0.235. The normalized spacial score (nSPS) is 16.7. The molecular formula is C17H16BrNO2S. The van der Waals surface area contributed by atoms with Crippen LogP contribution in [0.2, 0.25) is 0 Å². The molecule has 1 aliphatic rings. The van der Waals surface area contributed by atoms with Gasteiger partial charge in [0.15, 0.2) is 0 Å². The van der Waals surface area contributed by atoms with Crippen molar-refractivity contribution in [2.45, 2.75) is 24.0 Å². The van der Waals surface area contributed by atoms with Gasteiger partial charge in [-0.1, -0.05) is 46.3 Å². The van der Waals surface area contributed by atoms with E-state index >= 15 is 0 Å². The molecule has 0 radical (unpaired) electrons. The van der Waals surface area contributed by atoms with Crippen LogP contribution in [0.15, 0.2) is 57.9 Å². The van der Waals surface area contributed by atoms with Crippen LogP contribution in [0.1, 0.15) is 23.6 Å². The molecule has 0 fully saturated rings. The van der Waals surface area contributed by atoms with Gasteiger partial charge in [-0.2, -0.15) is 0 Å². The van der Waals surface area contributed by atoms with E-state index in [2.05, 4.69) is 33.4 Å². The Morgan fingerprint density at radius 1 is 1.27 bits per heavy atom. The van der Waals surface area contributed by atoms with Crippen LogP contribution in [0, 0.1) is 0 Å². The lowest BCUT2D eigenvalue weighted by atomic mass is 10.0. The zero-order valence-corrected chi connectivity index (χ0v) is 14.3. The Balaban J connectivity index is 1.62. The van der Waals surface area contributed by atoms with E-state index in [1.165, 1.54) is 4.90 Å². The average molecular weight is 378 g/mol. The van der Waals surface area contributed by atoms with Gasteiger partial charge in [-0.15, -0.1) is 11.8 Å². The maximum atomic E-state index is 12.0. The summed E-state index contributed by atoms with van der Waals surface area (Å²) in [5.41, 5.74) is 2.14. The van der Waals surface area contributed by atoms with Gasteiger partial charge in [0.2, 0.25) is 0 Å². The first-order valence-electron chi connectivity index (χ1n) is 7.12. The fourth-order valence-electron chi connectivity index (χ4n) is 2.42. The number of benzene rings is 2. The summed E-state index contributed by atoms with van der Waals surface area (Å²) in [7, 11) is 0. The third-order valence-electron chi connectivity index (χ3n) is 3.52. The Kier molecular flexibility index (Phi) is 5.05. The van der Waals surface area contributed by atoms with Crippen molar-refractivity contribution in [2.24, 2.45) is 0 Å². The fourth-order valence-corrected chi connectivity index (χ4v) is 3.91. The van der Waals surface area contributed by atoms with Crippen molar-refractivity contribution in [1.82, 2.24) is 5.32 Å². The first-order valence-corrected chi connectivity index (χ1v) is 8.90. The summed E-state index contributed by atoms with van der Waals surface area (Å²) >= 11 is 5.32. The highest BCUT2D eigenvalue weighted by molar-refractivity contribution is 9.10. The molecule has 2 aromatic carbocycles. The number of nitrogens with one attached hydrogen (secondary N) is 1. The monoisotopic (exact) mass is 377 g/mol. The van der Waals surface area contributed by atoms with Gasteiger partial charge in [0.05, 0.1) is 6.04 Å². The molecule has 5 heteroatoms. The lowest BCUT2D eigenvalue weighted by Gasteiger charge is -2.25. The molecule has 0 spiro atoms. The zero-order valence-electron chi connectivity index (χ0n) is 11.9. The summed E-state index contributed by atoms with van der Waals surface area (Å²) in [5.74, 6) is 0.998. The maximum absolute atomic E-state index is 12.0. The second-order valence-corrected chi connectivity index (χ2v) is 7.13. The van der Waals surface area contributed by atoms with Crippen LogP contribution in [0.5, 0.6) is 0 Å². The number of fused-ring (bicyclic) bond motifs is 1. The Morgan fingerprint density at radius 2 is 2.09 bits per heavy atom. The first kappa shape index (κ1) is 15.4. The highest BCUT2D eigenvalue weighted by Crippen LogP contribution is 2.37. The number of ether oxygens (including phenoxy) is 1. The smallest absolute Gasteiger partial charge is 0.407 e. The van der Waals surface area contributed by atoms with E-state index in [0.29, 0.717) is 6.61 Å². The van der Waals surface area contributed by atoms with Crippen molar-refractivity contribution < 1.29 is 9.53 Å². The van der Waals surface area contributed by atoms with E-state index in [-0.39, 0.29) is 12.1 Å². The standard InChI is InChI=1S/C17H16BrNO2S/c18-13-6-7-16-14(10-13)15(8-9-22-16)19-17(20)21-11-12-4-2-1-3-5-12/h1-7,10,15H,8-9,11H2,(H,19,20). The molecule has 1 atom stereocenters. The molecule has 3 rings (SSSR count). The molecule has 3 nitrogen and oxygen atoms in total. The minimum atomic E-state index is -0.369. The lowest BCUT2D eigenvalue weighted by Crippen LogP contribution is -2.31. The lowest BCUT2D eigenvalue weighted by molar-refractivity contribution is 0.135. The van der Waals surface area contributed by atoms with Crippen LogP contribution in [0.3, 0.4) is 0 Å². The number of carbonyl (C=O) groups excluding carboxylic acids is 1. The number of rotatable bonds is 3. The van der Waals surface area contributed by atoms with E-state index < -0.39 is 0 Å². The number of thioether (sulfide) groups is 1. The predicted octanol–water partition coefficient (Wildman–Crippen LogP) is 4.91. The summed E-state index contributed by atoms with van der Waals surface area (Å²) in [6.45, 7) is 0.291. The number of carbonyl (C=O) groups is 1. The third kappa shape index (κ3) is 3.84. The van der Waals surface area contributed by atoms with Crippen LogP contribution in [0.4, 0.5) is 4.79 Å². The van der Waals surface area contributed by atoms with Crippen LogP contribution < -0.4 is 5.32 Å². The molecule has 1 N–H and O–H groups in total. The minimum Gasteiger partial charge on any atom is -0.445 e. The van der Waals surface area contributed by atoms with Crippen molar-refractivity contribution in [2.75, 3.05) is 5.75 Å². The first-order chi connectivity index (χ1) is 10.7. The van der Waals surface area contributed by atoms with Gasteiger partial charge in [0.1, 0.15) is 6.61 Å². The molecule has 1 aliphatic heterocycles. The average Bonchev–Trinajstić information content (AvgIpc) is 2.54. The number of hydrogen-bond donors (Lipinski definition) is 1. The topological polar surface area (TPSA) is 38.3 Å². The van der Waals surface area contributed by atoms with Crippen molar-refractivity contribution in [1.29, 1.82) is 0 Å². The quantitative estimate of drug-likeness (QED) is 0.825. The summed E-state index contributed by atoms with van der Waals surface area (Å²) < 4.78 is 6.33. The molecule has 1 amide bonds. The molecule has 0 bridgehead atoms. The molecule has 114 valence electrons. The van der Waals surface area contributed by atoms with E-state index in [0.717, 1.165) is 27.8 Å². The molecule has 0 saturated heterocycles. The highest BCUT2D eigenvalue weighted by atomic mass is 79.9. The summed E-state index contributed by atoms with van der Waals surface area (Å²) in [6.07, 6.45) is 0.542. The molecule has 0 aliphatic carbocycles. The third-order valence-corrected chi connectivity index (χ3v) is 5.13. The number of halogens is 1. The van der Waals surface area contributed by atoms with Gasteiger partial charge in [-0.05, 0) is 35.7 Å². The highest BCUT2D eigenvalue weighted by Gasteiger charge is 2.23. The van der Waals surface area contributed by atoms with Crippen molar-refractivity contribution in [3.8, 4) is 0 Å². The Bertz CT molecular complexity index is 663. The van der Waals surface area contributed by atoms with Gasteiger partial charge in [-0.3, -0.25) is 0 Å². The number of amides is 1. The van der Waals surface area contributed by atoms with Crippen LogP contribution >= 0.6 is 27.7 Å². The zero-order chi connectivity index (χ0) is 15.4. The largest absolute Gasteiger partial charge is 0.445 e. The van der Waals surface area contributed by atoms with Gasteiger partial charge in [0.25, 0.3) is 0 Å². The van der Waals surface area contributed by atoms with E-state index in [1.54, 1.807) is 0 Å². The molecule has 22 heavy (non-hydrogen) atoms. The van der Waals surface area contributed by atoms with E-state index in [9.17, 15) is 4.79 Å². The van der Waals surface area contributed by atoms with Gasteiger partial charge in [-0.25, -0.2) is 4.79 Å². The second kappa shape index (κ2) is 7.20. The Morgan fingerprint density at radius 3 is 2.91 bits per heavy atom. The second-order valence-electron chi connectivity index (χ2n) is 5.08. The molecule has 0 aromatic heterocycles. The predicted molar refractivity (Wildman–Crippen MR) is 92.0 cm³/mol. The Labute approximate surface area is 142 Å². The number of alkyl carbamates (subject to hydrolysis) is 1. The molecule has 1 unspecified atom stereocenters. The summed E-state index contributed by atoms with van der Waals surface area (Å²) in [5, 5.41) is 2.98. The van der Waals surface area contributed by atoms with Gasteiger partial charge < -0.3 is 10.1 Å².